The molecule has 13 nitrogen and oxygen atoms in total. The fourth-order valence-electron chi connectivity index (χ4n) is 7.82. The Morgan fingerprint density at radius 1 is 1.08 bits per heavy atom. The quantitative estimate of drug-likeness (QED) is 0.112. The molecule has 4 atom stereocenters. The summed E-state index contributed by atoms with van der Waals surface area (Å²) in [5.74, 6) is -0.843. The van der Waals surface area contributed by atoms with Crippen LogP contribution in [0.3, 0.4) is 0 Å². The second-order valence-corrected chi connectivity index (χ2v) is 20.6. The first-order chi connectivity index (χ1) is 29.0. The average molecular weight is 901 g/mol. The van der Waals surface area contributed by atoms with E-state index in [1.165, 1.54) is 17.0 Å². The predicted molar refractivity (Wildman–Crippen MR) is 233 cm³/mol. The highest BCUT2D eigenvalue weighted by Crippen LogP contribution is 2.47. The molecule has 2 saturated carbocycles. The molecule has 18 heteroatoms. The molecule has 1 aliphatic heterocycles. The Morgan fingerprint density at radius 3 is 2.37 bits per heavy atom. The first-order valence-electron chi connectivity index (χ1n) is 20.8. The number of fused-ring (bicyclic) bond motifs is 1. The van der Waals surface area contributed by atoms with Crippen LogP contribution in [-0.4, -0.2) is 77.5 Å². The summed E-state index contributed by atoms with van der Waals surface area (Å²) in [5, 5.41) is 8.68. The number of aromatic amines is 1. The molecule has 4 N–H and O–H groups in total. The van der Waals surface area contributed by atoms with Crippen LogP contribution in [0.15, 0.2) is 52.6 Å². The number of alkyl halides is 3. The molecule has 0 spiro atoms. The van der Waals surface area contributed by atoms with Crippen LogP contribution in [0.1, 0.15) is 103 Å². The van der Waals surface area contributed by atoms with Gasteiger partial charge in [0, 0.05) is 34.6 Å². The first-order valence-corrected chi connectivity index (χ1v) is 23.2. The Balaban J connectivity index is 0.000000245. The van der Waals surface area contributed by atoms with E-state index in [2.05, 4.69) is 39.2 Å². The number of amides is 3. The molecule has 1 saturated heterocycles. The number of rotatable bonds is 12. The molecule has 7 rings (SSSR count). The number of methoxy groups -OCH3 is 1. The number of aryl methyl sites for hydroxylation is 1. The minimum atomic E-state index is -4.55. The number of pyridine rings is 1. The van der Waals surface area contributed by atoms with E-state index in [1.807, 2.05) is 25.3 Å². The Morgan fingerprint density at radius 2 is 1.79 bits per heavy atom. The number of hydrogen-bond donors (Lipinski definition) is 4. The van der Waals surface area contributed by atoms with Gasteiger partial charge in [-0.1, -0.05) is 54.0 Å². The second kappa shape index (κ2) is 17.7. The zero-order valence-electron chi connectivity index (χ0n) is 36.2. The van der Waals surface area contributed by atoms with Crippen molar-refractivity contribution in [3.05, 3.63) is 74.9 Å². The van der Waals surface area contributed by atoms with Gasteiger partial charge >= 0.3 is 6.18 Å². The van der Waals surface area contributed by atoms with E-state index in [-0.39, 0.29) is 23.6 Å². The van der Waals surface area contributed by atoms with Crippen molar-refractivity contribution < 1.29 is 40.7 Å². The molecule has 2 aliphatic carbocycles. The summed E-state index contributed by atoms with van der Waals surface area (Å²) in [6.45, 7) is 13.6. The van der Waals surface area contributed by atoms with Gasteiger partial charge < -0.3 is 25.3 Å². The summed E-state index contributed by atoms with van der Waals surface area (Å²) in [7, 11) is -2.17. The maximum atomic E-state index is 13.8. The first kappa shape index (κ1) is 46.5. The van der Waals surface area contributed by atoms with Gasteiger partial charge in [-0.15, -0.1) is 11.3 Å². The van der Waals surface area contributed by atoms with Gasteiger partial charge in [-0.2, -0.15) is 13.2 Å². The number of ether oxygens (including phenoxy) is 1. The van der Waals surface area contributed by atoms with Gasteiger partial charge in [0.15, 0.2) is 5.43 Å². The van der Waals surface area contributed by atoms with Gasteiger partial charge in [-0.25, -0.2) is 13.4 Å². The molecular weight excluding hydrogens is 846 g/mol. The summed E-state index contributed by atoms with van der Waals surface area (Å²) in [5.41, 5.74) is 0.729. The lowest BCUT2D eigenvalue weighted by molar-refractivity contribution is -0.141. The van der Waals surface area contributed by atoms with Crippen molar-refractivity contribution in [2.75, 3.05) is 19.0 Å². The Kier molecular flexibility index (Phi) is 13.3. The molecule has 2 aromatic carbocycles. The number of anilines is 1. The number of nitrogens with zero attached hydrogens (tertiary/aromatic N) is 2. The van der Waals surface area contributed by atoms with Crippen LogP contribution in [0, 0.1) is 18.3 Å². The Bertz CT molecular complexity index is 2510. The van der Waals surface area contributed by atoms with Crippen molar-refractivity contribution in [2.45, 2.75) is 122 Å². The molecule has 0 radical (unpaired) electrons. The van der Waals surface area contributed by atoms with E-state index >= 15 is 0 Å². The van der Waals surface area contributed by atoms with Crippen molar-refractivity contribution in [1.29, 1.82) is 0 Å². The van der Waals surface area contributed by atoms with E-state index in [0.29, 0.717) is 49.8 Å². The largest absolute Gasteiger partial charge is 0.496 e. The van der Waals surface area contributed by atoms with Crippen LogP contribution in [-0.2, 0) is 30.6 Å². The lowest BCUT2D eigenvalue weighted by Gasteiger charge is -2.36. The number of halogens is 3. The van der Waals surface area contributed by atoms with E-state index < -0.39 is 67.8 Å². The number of H-pyrrole nitrogens is 1. The minimum absolute atomic E-state index is 0.00389. The van der Waals surface area contributed by atoms with E-state index in [1.54, 1.807) is 51.4 Å². The van der Waals surface area contributed by atoms with E-state index in [4.69, 9.17) is 4.74 Å². The highest BCUT2D eigenvalue weighted by atomic mass is 32.2. The second-order valence-electron chi connectivity index (χ2n) is 17.8. The third kappa shape index (κ3) is 9.96. The molecule has 3 unspecified atom stereocenters. The fourth-order valence-corrected chi connectivity index (χ4v) is 10.1. The number of benzene rings is 2. The molecule has 336 valence electrons. The van der Waals surface area contributed by atoms with Crippen LogP contribution in [0.4, 0.5) is 18.9 Å². The molecule has 2 aromatic heterocycles. The molecule has 0 bridgehead atoms. The summed E-state index contributed by atoms with van der Waals surface area (Å²) in [6.07, 6.45) is -1.86. The van der Waals surface area contributed by atoms with Crippen molar-refractivity contribution in [3.63, 3.8) is 0 Å². The van der Waals surface area contributed by atoms with Gasteiger partial charge in [0.1, 0.15) is 28.4 Å². The van der Waals surface area contributed by atoms with Gasteiger partial charge in [-0.05, 0) is 86.6 Å². The number of aromatic nitrogens is 2. The molecule has 4 aromatic rings. The third-order valence-corrected chi connectivity index (χ3v) is 14.5. The summed E-state index contributed by atoms with van der Waals surface area (Å²) < 4.78 is 72.0. The summed E-state index contributed by atoms with van der Waals surface area (Å²) in [6, 6.07) is 7.99. The monoisotopic (exact) mass is 900 g/mol. The molecular formula is C44H55F3N6O7S2. The van der Waals surface area contributed by atoms with Crippen molar-refractivity contribution >= 4 is 55.7 Å². The topological polar surface area (TPSA) is 180 Å². The summed E-state index contributed by atoms with van der Waals surface area (Å²) in [4.78, 5) is 62.1. The van der Waals surface area contributed by atoms with Crippen molar-refractivity contribution in [3.8, 4) is 16.5 Å². The number of hydrogen-bond acceptors (Lipinski definition) is 10. The maximum Gasteiger partial charge on any atom is 0.416 e. The molecule has 3 heterocycles. The molecule has 3 aliphatic rings. The average Bonchev–Trinajstić information content (AvgIpc) is 4.07. The van der Waals surface area contributed by atoms with Gasteiger partial charge in [0.05, 0.1) is 34.8 Å². The number of carbonyl (C=O) groups is 3. The van der Waals surface area contributed by atoms with Crippen LogP contribution >= 0.6 is 11.3 Å². The Labute approximate surface area is 363 Å². The number of carbonyl (C=O) groups excluding carboxylic acids is 3. The van der Waals surface area contributed by atoms with Crippen LogP contribution in [0.2, 0.25) is 0 Å². The van der Waals surface area contributed by atoms with Crippen LogP contribution in [0.5, 0.6) is 5.75 Å². The molecule has 3 amide bonds. The highest BCUT2D eigenvalue weighted by molar-refractivity contribution is 7.91. The number of thiazole rings is 1. The predicted octanol–water partition coefficient (Wildman–Crippen LogP) is 7.51. The highest BCUT2D eigenvalue weighted by Gasteiger charge is 2.62. The van der Waals surface area contributed by atoms with Crippen molar-refractivity contribution in [1.82, 2.24) is 24.9 Å². The molecule has 62 heavy (non-hydrogen) atoms. The zero-order chi connectivity index (χ0) is 45.5. The lowest BCUT2D eigenvalue weighted by Crippen LogP contribution is -2.58. The maximum absolute atomic E-state index is 13.8. The smallest absolute Gasteiger partial charge is 0.416 e. The zero-order valence-corrected chi connectivity index (χ0v) is 37.8. The van der Waals surface area contributed by atoms with Gasteiger partial charge in [0.2, 0.25) is 21.8 Å². The van der Waals surface area contributed by atoms with Crippen molar-refractivity contribution in [2.24, 2.45) is 11.3 Å². The SMILES string of the molecule is CCC1C[C@]1(NC(=O)C1CCCN1C(=O)C(Nc1cccc(C(F)(F)F)c1)C(C)(C)C)C(=O)NS(=O)(=O)C1CC1.COc1ccc2c(=O)cc(-c3nc(C(C)C)cs3)[nH]c2c1C. The summed E-state index contributed by atoms with van der Waals surface area (Å²) >= 11 is 1.55. The van der Waals surface area contributed by atoms with Gasteiger partial charge in [-0.3, -0.25) is 23.9 Å². The fraction of sp³-hybridized carbons (Fsp3) is 0.523. The number of likely N-dealkylation sites (tertiary alicyclic amines) is 1. The third-order valence-electron chi connectivity index (χ3n) is 11.8. The lowest BCUT2D eigenvalue weighted by atomic mass is 9.85. The van der Waals surface area contributed by atoms with Crippen LogP contribution in [0.25, 0.3) is 21.6 Å². The van der Waals surface area contributed by atoms with E-state index in [9.17, 15) is 40.8 Å². The number of nitrogens with one attached hydrogen (secondary N) is 4. The van der Waals surface area contributed by atoms with Gasteiger partial charge in [0.25, 0.3) is 5.91 Å². The minimum Gasteiger partial charge on any atom is -0.496 e. The normalized spacial score (nSPS) is 20.6. The molecule has 3 fully saturated rings. The standard InChI is InChI=1S/C27H37F3N4O5S.C17H18N2O2S/c1-5-16-15-26(16,24(37)33-40(38,39)19-11-12-19)32-22(35)20-10-7-13-34(20)23(36)21(25(2,3)4)31-18-9-6-8-17(14-18)27(28,29)30;1-9(2)13-8-22-17(19-13)12-7-14(20)11-5-6-15(21-4)10(3)16(11)18-12/h6,8-9,14,16,19-21,31H,5,7,10-13,15H2,1-4H3,(H,32,35)(H,33,37);5-9H,1-4H3,(H,18,20)/t16?,20?,21?,26-;/m1./s1. The number of sulfonamides is 1. The Hall–Kier alpha value is -4.97. The van der Waals surface area contributed by atoms with E-state index in [0.717, 1.165) is 45.4 Å². The van der Waals surface area contributed by atoms with Crippen LogP contribution < -0.4 is 25.5 Å².